The molecule has 0 aliphatic rings. The maximum Gasteiger partial charge on any atom is 0.280 e. The predicted octanol–water partition coefficient (Wildman–Crippen LogP) is 3.28. The lowest BCUT2D eigenvalue weighted by molar-refractivity contribution is 0.179. The molecule has 142 valence electrons. The van der Waals surface area contributed by atoms with Crippen molar-refractivity contribution in [2.75, 3.05) is 14.2 Å². The van der Waals surface area contributed by atoms with Crippen LogP contribution in [0.1, 0.15) is 5.69 Å². The van der Waals surface area contributed by atoms with Crippen LogP contribution in [0, 0.1) is 5.82 Å². The van der Waals surface area contributed by atoms with Gasteiger partial charge in [0, 0.05) is 12.7 Å². The zero-order chi connectivity index (χ0) is 19.5. The first-order valence-electron chi connectivity index (χ1n) is 8.38. The van der Waals surface area contributed by atoms with Crippen molar-refractivity contribution < 1.29 is 18.4 Å². The highest BCUT2D eigenvalue weighted by Gasteiger charge is 2.23. The van der Waals surface area contributed by atoms with Gasteiger partial charge in [-0.25, -0.2) is 9.07 Å². The van der Waals surface area contributed by atoms with Gasteiger partial charge < -0.3 is 14.0 Å². The summed E-state index contributed by atoms with van der Waals surface area (Å²) in [6, 6.07) is 13.5. The van der Waals surface area contributed by atoms with Gasteiger partial charge in [0.25, 0.3) is 5.89 Å². The zero-order valence-corrected chi connectivity index (χ0v) is 15.2. The minimum atomic E-state index is -0.432. The fraction of sp³-hybridized carbons (Fsp3) is 0.158. The summed E-state index contributed by atoms with van der Waals surface area (Å²) in [6.45, 7) is 0.132. The Morgan fingerprint density at radius 1 is 1.11 bits per heavy atom. The number of hydrogen-bond donors (Lipinski definition) is 0. The Kier molecular flexibility index (Phi) is 4.81. The second kappa shape index (κ2) is 7.57. The van der Waals surface area contributed by atoms with Crippen molar-refractivity contribution in [3.8, 4) is 34.4 Å². The molecule has 0 saturated heterocycles. The predicted molar refractivity (Wildman–Crippen MR) is 97.3 cm³/mol. The van der Waals surface area contributed by atoms with Crippen molar-refractivity contribution in [1.82, 2.24) is 25.1 Å². The molecule has 4 aromatic rings. The van der Waals surface area contributed by atoms with Crippen molar-refractivity contribution in [3.05, 3.63) is 60.0 Å². The van der Waals surface area contributed by atoms with Gasteiger partial charge >= 0.3 is 0 Å². The van der Waals surface area contributed by atoms with E-state index in [-0.39, 0.29) is 18.2 Å². The van der Waals surface area contributed by atoms with Crippen LogP contribution in [-0.2, 0) is 11.3 Å². The van der Waals surface area contributed by atoms with E-state index in [0.29, 0.717) is 23.0 Å². The van der Waals surface area contributed by atoms with E-state index in [2.05, 4.69) is 20.5 Å². The summed E-state index contributed by atoms with van der Waals surface area (Å²) in [6.07, 6.45) is 0. The molecule has 0 spiro atoms. The van der Waals surface area contributed by atoms with E-state index in [1.807, 2.05) is 18.2 Å². The molecule has 0 radical (unpaired) electrons. The smallest absolute Gasteiger partial charge is 0.280 e. The summed E-state index contributed by atoms with van der Waals surface area (Å²) in [5, 5.41) is 12.2. The molecule has 0 N–H and O–H groups in total. The highest BCUT2D eigenvalue weighted by Crippen LogP contribution is 2.27. The first kappa shape index (κ1) is 17.8. The van der Waals surface area contributed by atoms with Crippen LogP contribution in [0.15, 0.2) is 53.1 Å². The molecule has 28 heavy (non-hydrogen) atoms. The number of benzene rings is 2. The fourth-order valence-electron chi connectivity index (χ4n) is 2.75. The van der Waals surface area contributed by atoms with Crippen LogP contribution in [0.25, 0.3) is 28.7 Å². The monoisotopic (exact) mass is 381 g/mol. The van der Waals surface area contributed by atoms with Crippen LogP contribution >= 0.6 is 0 Å². The largest absolute Gasteiger partial charge is 0.497 e. The van der Waals surface area contributed by atoms with Crippen molar-refractivity contribution in [1.29, 1.82) is 0 Å². The van der Waals surface area contributed by atoms with Gasteiger partial charge in [-0.1, -0.05) is 34.6 Å². The van der Waals surface area contributed by atoms with Crippen LogP contribution in [0.4, 0.5) is 4.39 Å². The number of rotatable bonds is 6. The van der Waals surface area contributed by atoms with Gasteiger partial charge in [0.05, 0.1) is 13.7 Å². The van der Waals surface area contributed by atoms with Crippen molar-refractivity contribution in [3.63, 3.8) is 0 Å². The number of para-hydroxylation sites is 1. The van der Waals surface area contributed by atoms with Crippen molar-refractivity contribution >= 4 is 0 Å². The summed E-state index contributed by atoms with van der Waals surface area (Å²) in [7, 11) is 3.11. The molecule has 0 fully saturated rings. The zero-order valence-electron chi connectivity index (χ0n) is 15.2. The van der Waals surface area contributed by atoms with Gasteiger partial charge in [0.15, 0.2) is 5.69 Å². The van der Waals surface area contributed by atoms with E-state index < -0.39 is 5.82 Å². The highest BCUT2D eigenvalue weighted by molar-refractivity contribution is 5.60. The third-order valence-corrected chi connectivity index (χ3v) is 4.08. The number of ether oxygens (including phenoxy) is 2. The summed E-state index contributed by atoms with van der Waals surface area (Å²) in [4.78, 5) is 4.40. The lowest BCUT2D eigenvalue weighted by atomic mass is 10.2. The number of methoxy groups -OCH3 is 2. The van der Waals surface area contributed by atoms with E-state index in [0.717, 1.165) is 5.56 Å². The lowest BCUT2D eigenvalue weighted by Crippen LogP contribution is -2.06. The van der Waals surface area contributed by atoms with E-state index in [1.54, 1.807) is 31.4 Å². The fourth-order valence-corrected chi connectivity index (χ4v) is 2.75. The maximum absolute atomic E-state index is 14.2. The van der Waals surface area contributed by atoms with E-state index in [1.165, 1.54) is 17.9 Å². The van der Waals surface area contributed by atoms with E-state index in [4.69, 9.17) is 14.0 Å². The first-order valence-corrected chi connectivity index (χ1v) is 8.38. The van der Waals surface area contributed by atoms with Crippen LogP contribution in [0.5, 0.6) is 5.75 Å². The summed E-state index contributed by atoms with van der Waals surface area (Å²) >= 11 is 0. The molecule has 0 aliphatic carbocycles. The Balaban J connectivity index is 1.76. The Hall–Kier alpha value is -3.59. The molecule has 8 nitrogen and oxygen atoms in total. The molecule has 4 rings (SSSR count). The van der Waals surface area contributed by atoms with Gasteiger partial charge in [-0.2, -0.15) is 4.98 Å². The highest BCUT2D eigenvalue weighted by atomic mass is 19.1. The molecule has 0 unspecified atom stereocenters. The van der Waals surface area contributed by atoms with E-state index >= 15 is 0 Å². The molecule has 0 saturated carbocycles. The van der Waals surface area contributed by atoms with Gasteiger partial charge in [0.2, 0.25) is 5.82 Å². The van der Waals surface area contributed by atoms with Gasteiger partial charge in [-0.3, -0.25) is 0 Å². The number of hydrogen-bond acceptors (Lipinski definition) is 7. The van der Waals surface area contributed by atoms with Crippen LogP contribution in [0.3, 0.4) is 0 Å². The first-order chi connectivity index (χ1) is 13.7. The normalized spacial score (nSPS) is 11.0. The molecule has 0 aliphatic heterocycles. The molecular formula is C19H16FN5O3. The average Bonchev–Trinajstić information content (AvgIpc) is 3.36. The Bertz CT molecular complexity index is 1110. The molecule has 2 aromatic carbocycles. The number of nitrogens with zero attached hydrogens (tertiary/aromatic N) is 5. The molecule has 0 atom stereocenters. The minimum absolute atomic E-state index is 0.132. The van der Waals surface area contributed by atoms with E-state index in [9.17, 15) is 4.39 Å². The minimum Gasteiger partial charge on any atom is -0.497 e. The van der Waals surface area contributed by atoms with Gasteiger partial charge in [-0.15, -0.1) is 5.10 Å². The summed E-state index contributed by atoms with van der Waals surface area (Å²) in [5.74, 6) is 0.776. The molecular weight excluding hydrogens is 365 g/mol. The van der Waals surface area contributed by atoms with Crippen molar-refractivity contribution in [2.45, 2.75) is 6.61 Å². The molecule has 9 heteroatoms. The topological polar surface area (TPSA) is 88.1 Å². The number of aromatic nitrogens is 5. The molecule has 0 bridgehead atoms. The lowest BCUT2D eigenvalue weighted by Gasteiger charge is -2.06. The second-order valence-corrected chi connectivity index (χ2v) is 5.84. The Morgan fingerprint density at radius 3 is 2.75 bits per heavy atom. The maximum atomic E-state index is 14.2. The van der Waals surface area contributed by atoms with Gasteiger partial charge in [-0.05, 0) is 24.3 Å². The Labute approximate surface area is 159 Å². The molecule has 2 heterocycles. The number of halogens is 1. The van der Waals surface area contributed by atoms with Crippen LogP contribution < -0.4 is 4.74 Å². The quantitative estimate of drug-likeness (QED) is 0.506. The molecule has 2 aromatic heterocycles. The third-order valence-electron chi connectivity index (χ3n) is 4.08. The Morgan fingerprint density at radius 2 is 1.96 bits per heavy atom. The summed E-state index contributed by atoms with van der Waals surface area (Å²) in [5.41, 5.74) is 1.80. The molecule has 0 amide bonds. The van der Waals surface area contributed by atoms with Gasteiger partial charge in [0.1, 0.15) is 22.9 Å². The third kappa shape index (κ3) is 3.23. The second-order valence-electron chi connectivity index (χ2n) is 5.84. The van der Waals surface area contributed by atoms with Crippen molar-refractivity contribution in [2.24, 2.45) is 0 Å². The SMILES string of the molecule is COCc1c(-c2nc(-c3cccc(OC)c3)no2)nnn1-c1ccccc1F. The summed E-state index contributed by atoms with van der Waals surface area (Å²) < 4.78 is 31.4. The van der Waals surface area contributed by atoms with Crippen LogP contribution in [-0.4, -0.2) is 39.4 Å². The van der Waals surface area contributed by atoms with Crippen LogP contribution in [0.2, 0.25) is 0 Å². The standard InChI is InChI=1S/C19H16FN5O3/c1-26-11-16-17(22-24-25(16)15-9-4-3-8-14(15)20)19-21-18(23-28-19)12-6-5-7-13(10-12)27-2/h3-10H,11H2,1-2H3. The average molecular weight is 381 g/mol.